The number of aromatic amines is 1. The van der Waals surface area contributed by atoms with E-state index in [4.69, 9.17) is 11.6 Å². The number of aromatic nitrogens is 2. The molecule has 6 nitrogen and oxygen atoms in total. The number of H-pyrrole nitrogens is 1. The molecule has 4 rings (SSSR count). The molecule has 4 atom stereocenters. The molecule has 22 heavy (non-hydrogen) atoms. The van der Waals surface area contributed by atoms with E-state index >= 15 is 0 Å². The predicted molar refractivity (Wildman–Crippen MR) is 80.5 cm³/mol. The zero-order valence-corrected chi connectivity index (χ0v) is 12.7. The number of hydrogen-bond acceptors (Lipinski definition) is 4. The molecule has 1 heterocycles. The number of amides is 1. The highest BCUT2D eigenvalue weighted by Gasteiger charge is 2.62. The first-order valence-electron chi connectivity index (χ1n) is 7.22. The van der Waals surface area contributed by atoms with Crippen LogP contribution in [0.3, 0.4) is 0 Å². The van der Waals surface area contributed by atoms with Gasteiger partial charge in [-0.1, -0.05) is 11.6 Å². The lowest BCUT2D eigenvalue weighted by Gasteiger charge is -2.27. The lowest BCUT2D eigenvalue weighted by atomic mass is 9.86. The zero-order valence-electron chi connectivity index (χ0n) is 12.0. The number of ether oxygens (including phenoxy) is 1. The molecule has 1 aromatic carbocycles. The van der Waals surface area contributed by atoms with Crippen molar-refractivity contribution in [1.82, 2.24) is 15.5 Å². The molecule has 0 radical (unpaired) electrons. The average Bonchev–Trinajstić information content (AvgIpc) is 2.86. The fourth-order valence-electron chi connectivity index (χ4n) is 3.89. The second-order valence-electron chi connectivity index (χ2n) is 6.21. The molecule has 1 aromatic heterocycles. The van der Waals surface area contributed by atoms with E-state index in [9.17, 15) is 9.90 Å². The third-order valence-electron chi connectivity index (χ3n) is 4.97. The summed E-state index contributed by atoms with van der Waals surface area (Å²) >= 11 is 6.15. The number of rotatable bonds is 2. The van der Waals surface area contributed by atoms with Crippen molar-refractivity contribution in [2.45, 2.75) is 24.5 Å². The number of fused-ring (bicyclic) bond motifs is 2. The maximum absolute atomic E-state index is 11.3. The first kappa shape index (κ1) is 13.8. The highest BCUT2D eigenvalue weighted by Crippen LogP contribution is 2.60. The predicted octanol–water partition coefficient (Wildman–Crippen LogP) is 2.17. The van der Waals surface area contributed by atoms with Crippen molar-refractivity contribution >= 4 is 28.6 Å². The number of methoxy groups -OCH3 is 1. The molecular weight excluding hydrogens is 306 g/mol. The first-order valence-corrected chi connectivity index (χ1v) is 7.59. The second kappa shape index (κ2) is 4.60. The van der Waals surface area contributed by atoms with E-state index in [1.54, 1.807) is 12.3 Å². The molecule has 7 heteroatoms. The number of alkyl carbamates (subject to hydrolysis) is 1. The third-order valence-corrected chi connectivity index (χ3v) is 5.19. The summed E-state index contributed by atoms with van der Waals surface area (Å²) < 4.78 is 4.62. The Bertz CT molecular complexity index is 748. The van der Waals surface area contributed by atoms with Gasteiger partial charge >= 0.3 is 6.09 Å². The van der Waals surface area contributed by atoms with E-state index in [0.717, 1.165) is 16.5 Å². The van der Waals surface area contributed by atoms with Crippen LogP contribution in [0.1, 0.15) is 18.4 Å². The molecule has 2 saturated carbocycles. The minimum Gasteiger partial charge on any atom is -0.453 e. The number of aliphatic hydroxyl groups is 1. The summed E-state index contributed by atoms with van der Waals surface area (Å²) in [4.78, 5) is 11.3. The van der Waals surface area contributed by atoms with Crippen LogP contribution in [0.5, 0.6) is 0 Å². The number of hydrogen-bond donors (Lipinski definition) is 3. The SMILES string of the molecule is COC(=O)NC1[C@H]2CC(O)(c3cc(Cl)cc4[nH]ncc34)C[C@@H]12. The third kappa shape index (κ3) is 1.98. The van der Waals surface area contributed by atoms with Crippen molar-refractivity contribution in [3.05, 3.63) is 28.9 Å². The molecule has 0 saturated heterocycles. The molecule has 3 N–H and O–H groups in total. The Morgan fingerprint density at radius 2 is 2.23 bits per heavy atom. The van der Waals surface area contributed by atoms with E-state index in [1.165, 1.54) is 7.11 Å². The average molecular weight is 322 g/mol. The van der Waals surface area contributed by atoms with Gasteiger partial charge in [-0.3, -0.25) is 5.10 Å². The van der Waals surface area contributed by atoms with Crippen molar-refractivity contribution < 1.29 is 14.6 Å². The van der Waals surface area contributed by atoms with Gasteiger partial charge in [0.2, 0.25) is 0 Å². The number of carbonyl (C=O) groups is 1. The minimum absolute atomic E-state index is 0.103. The highest BCUT2D eigenvalue weighted by molar-refractivity contribution is 6.31. The quantitative estimate of drug-likeness (QED) is 0.791. The van der Waals surface area contributed by atoms with Gasteiger partial charge in [-0.25, -0.2) is 4.79 Å². The standard InChI is InChI=1S/C15H16ClN3O3/c1-22-14(20)18-13-8-4-15(21,5-9(8)13)11-2-7(16)3-12-10(11)6-17-19-12/h2-3,6,8-9,13,21H,4-5H2,1H3,(H,17,19)(H,18,20)/t8-,9+,13?,15?. The molecular formula is C15H16ClN3O3. The second-order valence-corrected chi connectivity index (χ2v) is 6.65. The molecule has 0 aliphatic heterocycles. The van der Waals surface area contributed by atoms with E-state index in [0.29, 0.717) is 17.9 Å². The van der Waals surface area contributed by atoms with Gasteiger partial charge in [0.05, 0.1) is 24.4 Å². The fraction of sp³-hybridized carbons (Fsp3) is 0.467. The monoisotopic (exact) mass is 321 g/mol. The van der Waals surface area contributed by atoms with Gasteiger partial charge in [0.1, 0.15) is 0 Å². The normalized spacial score (nSPS) is 32.8. The van der Waals surface area contributed by atoms with E-state index in [1.807, 2.05) is 6.07 Å². The Morgan fingerprint density at radius 3 is 2.91 bits per heavy atom. The molecule has 116 valence electrons. The van der Waals surface area contributed by atoms with Crippen LogP contribution in [0.15, 0.2) is 18.3 Å². The Hall–Kier alpha value is -1.79. The number of nitrogens with zero attached hydrogens (tertiary/aromatic N) is 1. The molecule has 0 spiro atoms. The van der Waals surface area contributed by atoms with E-state index in [2.05, 4.69) is 20.3 Å². The van der Waals surface area contributed by atoms with E-state index in [-0.39, 0.29) is 17.9 Å². The lowest BCUT2D eigenvalue weighted by Crippen LogP contribution is -2.33. The summed E-state index contributed by atoms with van der Waals surface area (Å²) in [5.74, 6) is 0.565. The van der Waals surface area contributed by atoms with Gasteiger partial charge in [-0.15, -0.1) is 0 Å². The minimum atomic E-state index is -0.920. The molecule has 2 unspecified atom stereocenters. The van der Waals surface area contributed by atoms with Crippen LogP contribution in [0, 0.1) is 11.8 Å². The van der Waals surface area contributed by atoms with Crippen LogP contribution < -0.4 is 5.32 Å². The van der Waals surface area contributed by atoms with Crippen LogP contribution >= 0.6 is 11.6 Å². The topological polar surface area (TPSA) is 87.2 Å². The Labute approximate surface area is 131 Å². The van der Waals surface area contributed by atoms with Gasteiger partial charge in [0, 0.05) is 16.5 Å². The van der Waals surface area contributed by atoms with Crippen LogP contribution in [-0.4, -0.2) is 34.5 Å². The number of benzene rings is 1. The number of nitrogens with one attached hydrogen (secondary N) is 2. The zero-order chi connectivity index (χ0) is 15.5. The molecule has 1 amide bonds. The van der Waals surface area contributed by atoms with E-state index < -0.39 is 11.7 Å². The highest BCUT2D eigenvalue weighted by atomic mass is 35.5. The Morgan fingerprint density at radius 1 is 1.50 bits per heavy atom. The smallest absolute Gasteiger partial charge is 0.407 e. The molecule has 0 bridgehead atoms. The van der Waals surface area contributed by atoms with Gasteiger partial charge < -0.3 is 15.2 Å². The molecule has 2 fully saturated rings. The van der Waals surface area contributed by atoms with Crippen LogP contribution in [0.4, 0.5) is 4.79 Å². The fourth-order valence-corrected chi connectivity index (χ4v) is 4.11. The number of carbonyl (C=O) groups excluding carboxylic acids is 1. The molecule has 2 aliphatic carbocycles. The van der Waals surface area contributed by atoms with Crippen molar-refractivity contribution in [1.29, 1.82) is 0 Å². The summed E-state index contributed by atoms with van der Waals surface area (Å²) in [7, 11) is 1.35. The van der Waals surface area contributed by atoms with Gasteiger partial charge in [-0.05, 0) is 42.4 Å². The van der Waals surface area contributed by atoms with Crippen molar-refractivity contribution in [3.8, 4) is 0 Å². The summed E-state index contributed by atoms with van der Waals surface area (Å²) in [6, 6.07) is 3.72. The maximum Gasteiger partial charge on any atom is 0.407 e. The Kier molecular flexibility index (Phi) is 2.90. The largest absolute Gasteiger partial charge is 0.453 e. The summed E-state index contributed by atoms with van der Waals surface area (Å²) in [6.07, 6.45) is 2.51. The van der Waals surface area contributed by atoms with Crippen LogP contribution in [0.2, 0.25) is 5.02 Å². The summed E-state index contributed by atoms with van der Waals surface area (Å²) in [6.45, 7) is 0. The Balaban J connectivity index is 1.60. The number of halogens is 1. The van der Waals surface area contributed by atoms with Crippen LogP contribution in [0.25, 0.3) is 10.9 Å². The van der Waals surface area contributed by atoms with Gasteiger partial charge in [0.15, 0.2) is 0 Å². The van der Waals surface area contributed by atoms with Crippen molar-refractivity contribution in [2.75, 3.05) is 7.11 Å². The lowest BCUT2D eigenvalue weighted by molar-refractivity contribution is 0.0294. The van der Waals surface area contributed by atoms with Gasteiger partial charge in [0.25, 0.3) is 0 Å². The van der Waals surface area contributed by atoms with Crippen molar-refractivity contribution in [2.24, 2.45) is 11.8 Å². The maximum atomic E-state index is 11.3. The van der Waals surface area contributed by atoms with Crippen molar-refractivity contribution in [3.63, 3.8) is 0 Å². The summed E-state index contributed by atoms with van der Waals surface area (Å²) in [5, 5.41) is 22.3. The first-order chi connectivity index (χ1) is 10.5. The summed E-state index contributed by atoms with van der Waals surface area (Å²) in [5.41, 5.74) is 0.713. The molecule has 2 aromatic rings. The van der Waals surface area contributed by atoms with Gasteiger partial charge in [-0.2, -0.15) is 5.10 Å². The van der Waals surface area contributed by atoms with Crippen LogP contribution in [-0.2, 0) is 10.3 Å². The molecule has 2 aliphatic rings.